The van der Waals surface area contributed by atoms with Crippen LogP contribution in [-0.2, 0) is 9.47 Å². The largest absolute Gasteiger partial charge is 0.392 e. The molecule has 3 N–H and O–H groups in total. The smallest absolute Gasteiger partial charge is 0.159 e. The Hall–Kier alpha value is -0.160. The molecule has 0 aliphatic carbocycles. The molecule has 0 aromatic rings. The van der Waals surface area contributed by atoms with Crippen LogP contribution >= 0.6 is 0 Å². The second-order valence-electron chi connectivity index (χ2n) is 2.90. The van der Waals surface area contributed by atoms with Crippen LogP contribution in [0.15, 0.2) is 0 Å². The van der Waals surface area contributed by atoms with E-state index >= 15 is 0 Å². The molecule has 1 rings (SSSR count). The van der Waals surface area contributed by atoms with E-state index in [4.69, 9.17) is 20.3 Å². The van der Waals surface area contributed by atoms with Gasteiger partial charge in [0.2, 0.25) is 0 Å². The summed E-state index contributed by atoms with van der Waals surface area (Å²) in [6.07, 6.45) is 2.25. The Balaban J connectivity index is 2.44. The number of nitrogens with two attached hydrogens (primary N) is 1. The normalized spacial score (nSPS) is 39.0. The molecule has 2 unspecified atom stereocenters. The summed E-state index contributed by atoms with van der Waals surface area (Å²) in [4.78, 5) is 0. The Morgan fingerprint density at radius 1 is 1.82 bits per heavy atom. The Bertz CT molecular complexity index is 131. The molecule has 4 nitrogen and oxygen atoms in total. The zero-order valence-electron chi connectivity index (χ0n) is 6.75. The summed E-state index contributed by atoms with van der Waals surface area (Å²) < 4.78 is 10.3. The summed E-state index contributed by atoms with van der Waals surface area (Å²) in [6.45, 7) is -0.146. The van der Waals surface area contributed by atoms with Gasteiger partial charge in [-0.05, 0) is 19.3 Å². The zero-order chi connectivity index (χ0) is 8.32. The SMILES string of the molecule is COC1CCCC(N)(CO)O1. The average molecular weight is 161 g/mol. The van der Waals surface area contributed by atoms with Gasteiger partial charge in [0.05, 0.1) is 6.61 Å². The second kappa shape index (κ2) is 3.49. The van der Waals surface area contributed by atoms with Crippen molar-refractivity contribution in [2.24, 2.45) is 5.73 Å². The van der Waals surface area contributed by atoms with Gasteiger partial charge in [-0.3, -0.25) is 0 Å². The molecule has 0 bridgehead atoms. The molecule has 0 saturated carbocycles. The lowest BCUT2D eigenvalue weighted by Crippen LogP contribution is -2.51. The highest BCUT2D eigenvalue weighted by molar-refractivity contribution is 4.77. The molecular formula is C7H15NO3. The van der Waals surface area contributed by atoms with E-state index in [1.165, 1.54) is 0 Å². The van der Waals surface area contributed by atoms with E-state index in [2.05, 4.69) is 0 Å². The van der Waals surface area contributed by atoms with Crippen molar-refractivity contribution in [2.45, 2.75) is 31.3 Å². The van der Waals surface area contributed by atoms with Crippen molar-refractivity contribution in [1.29, 1.82) is 0 Å². The van der Waals surface area contributed by atoms with Crippen molar-refractivity contribution in [1.82, 2.24) is 0 Å². The van der Waals surface area contributed by atoms with E-state index in [1.807, 2.05) is 0 Å². The van der Waals surface area contributed by atoms with Crippen LogP contribution in [0.1, 0.15) is 19.3 Å². The van der Waals surface area contributed by atoms with Gasteiger partial charge in [0.1, 0.15) is 5.72 Å². The van der Waals surface area contributed by atoms with Crippen LogP contribution in [-0.4, -0.2) is 30.8 Å². The molecule has 1 aliphatic heterocycles. The van der Waals surface area contributed by atoms with Crippen LogP contribution in [0.2, 0.25) is 0 Å². The molecule has 0 amide bonds. The Labute approximate surface area is 66.3 Å². The van der Waals surface area contributed by atoms with E-state index in [1.54, 1.807) is 7.11 Å². The van der Waals surface area contributed by atoms with Gasteiger partial charge >= 0.3 is 0 Å². The Kier molecular flexibility index (Phi) is 2.84. The molecule has 0 aromatic heterocycles. The summed E-state index contributed by atoms with van der Waals surface area (Å²) in [7, 11) is 1.58. The van der Waals surface area contributed by atoms with Crippen molar-refractivity contribution >= 4 is 0 Å². The standard InChI is InChI=1S/C7H15NO3/c1-10-6-3-2-4-7(8,5-9)11-6/h6,9H,2-5,8H2,1H3. The first-order valence-corrected chi connectivity index (χ1v) is 3.80. The molecule has 1 heterocycles. The van der Waals surface area contributed by atoms with Crippen LogP contribution < -0.4 is 5.73 Å². The molecule has 0 spiro atoms. The van der Waals surface area contributed by atoms with Crippen molar-refractivity contribution in [3.63, 3.8) is 0 Å². The maximum atomic E-state index is 8.86. The third kappa shape index (κ3) is 2.13. The molecule has 1 fully saturated rings. The quantitative estimate of drug-likeness (QED) is 0.589. The van der Waals surface area contributed by atoms with E-state index in [9.17, 15) is 0 Å². The highest BCUT2D eigenvalue weighted by atomic mass is 16.7. The van der Waals surface area contributed by atoms with Gasteiger partial charge in [0.15, 0.2) is 6.29 Å². The van der Waals surface area contributed by atoms with Gasteiger partial charge in [-0.1, -0.05) is 0 Å². The number of hydrogen-bond donors (Lipinski definition) is 2. The van der Waals surface area contributed by atoms with E-state index in [0.29, 0.717) is 6.42 Å². The summed E-state index contributed by atoms with van der Waals surface area (Å²) >= 11 is 0. The highest BCUT2D eigenvalue weighted by Crippen LogP contribution is 2.24. The number of aliphatic hydroxyl groups excluding tert-OH is 1. The van der Waals surface area contributed by atoms with Crippen LogP contribution in [0, 0.1) is 0 Å². The van der Waals surface area contributed by atoms with Crippen molar-refractivity contribution < 1.29 is 14.6 Å². The van der Waals surface area contributed by atoms with Gasteiger partial charge in [-0.15, -0.1) is 0 Å². The van der Waals surface area contributed by atoms with Gasteiger partial charge in [0, 0.05) is 7.11 Å². The summed E-state index contributed by atoms with van der Waals surface area (Å²) in [5.74, 6) is 0. The van der Waals surface area contributed by atoms with Gasteiger partial charge in [0.25, 0.3) is 0 Å². The number of hydrogen-bond acceptors (Lipinski definition) is 4. The average Bonchev–Trinajstić information content (AvgIpc) is 2.05. The molecular weight excluding hydrogens is 146 g/mol. The van der Waals surface area contributed by atoms with Crippen molar-refractivity contribution in [3.05, 3.63) is 0 Å². The Morgan fingerprint density at radius 3 is 3.09 bits per heavy atom. The summed E-state index contributed by atoms with van der Waals surface area (Å²) in [5.41, 5.74) is 4.80. The number of rotatable bonds is 2. The first kappa shape index (κ1) is 8.93. The minimum atomic E-state index is -0.876. The molecule has 4 heteroatoms. The number of methoxy groups -OCH3 is 1. The number of ether oxygens (including phenoxy) is 2. The number of aliphatic hydroxyl groups is 1. The fraction of sp³-hybridized carbons (Fsp3) is 1.00. The maximum absolute atomic E-state index is 8.86. The molecule has 0 aromatic carbocycles. The van der Waals surface area contributed by atoms with Gasteiger partial charge in [-0.25, -0.2) is 0 Å². The van der Waals surface area contributed by atoms with Crippen LogP contribution in [0.25, 0.3) is 0 Å². The van der Waals surface area contributed by atoms with Crippen molar-refractivity contribution in [3.8, 4) is 0 Å². The van der Waals surface area contributed by atoms with Gasteiger partial charge in [-0.2, -0.15) is 0 Å². The minimum absolute atomic E-state index is 0.146. The third-order valence-electron chi connectivity index (χ3n) is 1.94. The molecule has 66 valence electrons. The highest BCUT2D eigenvalue weighted by Gasteiger charge is 2.32. The topological polar surface area (TPSA) is 64.7 Å². The lowest BCUT2D eigenvalue weighted by atomic mass is 10.0. The molecule has 2 atom stereocenters. The fourth-order valence-electron chi connectivity index (χ4n) is 1.23. The maximum Gasteiger partial charge on any atom is 0.159 e. The Morgan fingerprint density at radius 2 is 2.55 bits per heavy atom. The predicted molar refractivity (Wildman–Crippen MR) is 39.7 cm³/mol. The van der Waals surface area contributed by atoms with E-state index in [0.717, 1.165) is 12.8 Å². The van der Waals surface area contributed by atoms with E-state index in [-0.39, 0.29) is 12.9 Å². The molecule has 0 radical (unpaired) electrons. The molecule has 11 heavy (non-hydrogen) atoms. The van der Waals surface area contributed by atoms with E-state index < -0.39 is 5.72 Å². The first-order valence-electron chi connectivity index (χ1n) is 3.80. The van der Waals surface area contributed by atoms with Crippen molar-refractivity contribution in [2.75, 3.05) is 13.7 Å². The monoisotopic (exact) mass is 161 g/mol. The lowest BCUT2D eigenvalue weighted by molar-refractivity contribution is -0.234. The zero-order valence-corrected chi connectivity index (χ0v) is 6.75. The molecule has 1 saturated heterocycles. The van der Waals surface area contributed by atoms with Gasteiger partial charge < -0.3 is 20.3 Å². The summed E-state index contributed by atoms with van der Waals surface area (Å²) in [6, 6.07) is 0. The van der Waals surface area contributed by atoms with Crippen LogP contribution in [0.5, 0.6) is 0 Å². The third-order valence-corrected chi connectivity index (χ3v) is 1.94. The molecule has 1 aliphatic rings. The fourth-order valence-corrected chi connectivity index (χ4v) is 1.23. The second-order valence-corrected chi connectivity index (χ2v) is 2.90. The van der Waals surface area contributed by atoms with Crippen LogP contribution in [0.3, 0.4) is 0 Å². The minimum Gasteiger partial charge on any atom is -0.392 e. The lowest BCUT2D eigenvalue weighted by Gasteiger charge is -2.35. The predicted octanol–water partition coefficient (Wildman–Crippen LogP) is -0.193. The summed E-state index contributed by atoms with van der Waals surface area (Å²) in [5, 5.41) is 8.86. The van der Waals surface area contributed by atoms with Crippen LogP contribution in [0.4, 0.5) is 0 Å². The first-order chi connectivity index (χ1) is 5.20.